The molecule has 0 fully saturated rings. The van der Waals surface area contributed by atoms with Gasteiger partial charge in [-0.3, -0.25) is 0 Å². The molecule has 1 aromatic rings. The van der Waals surface area contributed by atoms with Gasteiger partial charge >= 0.3 is 42.2 Å². The van der Waals surface area contributed by atoms with Crippen LogP contribution in [0.25, 0.3) is 6.08 Å². The summed E-state index contributed by atoms with van der Waals surface area (Å²) in [5.74, 6) is 0. The molecule has 0 nitrogen and oxygen atoms in total. The van der Waals surface area contributed by atoms with Gasteiger partial charge in [0.2, 0.25) is 0 Å². The van der Waals surface area contributed by atoms with E-state index in [1.807, 2.05) is 0 Å². The quantitative estimate of drug-likeness (QED) is 0.660. The van der Waals surface area contributed by atoms with E-state index in [0.717, 1.165) is 10.0 Å². The van der Waals surface area contributed by atoms with E-state index in [-0.39, 0.29) is 0 Å². The molecule has 0 atom stereocenters. The van der Waals surface area contributed by atoms with E-state index in [0.29, 0.717) is 0 Å². The molecule has 0 heterocycles. The minimum atomic E-state index is 0.923. The second-order valence-electron chi connectivity index (χ2n) is 3.46. The molecule has 1 aliphatic carbocycles. The molecule has 0 aromatic heterocycles. The van der Waals surface area contributed by atoms with Gasteiger partial charge in [-0.15, -0.1) is 0 Å². The first-order valence-electron chi connectivity index (χ1n) is 4.65. The summed E-state index contributed by atoms with van der Waals surface area (Å²) in [6.07, 6.45) is 5.50. The van der Waals surface area contributed by atoms with E-state index in [1.54, 1.807) is 24.7 Å². The van der Waals surface area contributed by atoms with Crippen LogP contribution in [0.4, 0.5) is 0 Å². The van der Waals surface area contributed by atoms with E-state index < -0.39 is 0 Å². The summed E-state index contributed by atoms with van der Waals surface area (Å²) >= 11 is 1.64. The van der Waals surface area contributed by atoms with Crippen LogP contribution in [0, 0.1) is 0 Å². The van der Waals surface area contributed by atoms with Crippen LogP contribution in [0.2, 0.25) is 3.63 Å². The SMILES string of the molecule is C1=Cc2ccccc2C1.C[CH](C)[Zr]. The van der Waals surface area contributed by atoms with E-state index >= 15 is 0 Å². The molecule has 0 saturated carbocycles. The van der Waals surface area contributed by atoms with Gasteiger partial charge in [-0.25, -0.2) is 0 Å². The normalized spacial score (nSPS) is 12.2. The molecule has 1 aliphatic rings. The number of benzene rings is 1. The van der Waals surface area contributed by atoms with Crippen LogP contribution in [0.15, 0.2) is 30.3 Å². The molecule has 0 unspecified atom stereocenters. The summed E-state index contributed by atoms with van der Waals surface area (Å²) in [7, 11) is 0. The first kappa shape index (κ1) is 10.9. The molecule has 2 rings (SSSR count). The fourth-order valence-electron chi connectivity index (χ4n) is 1.20. The summed E-state index contributed by atoms with van der Waals surface area (Å²) < 4.78 is 0.923. The Morgan fingerprint density at radius 3 is 2.46 bits per heavy atom. The van der Waals surface area contributed by atoms with E-state index in [2.05, 4.69) is 50.3 Å². The third-order valence-corrected chi connectivity index (χ3v) is 1.69. The molecule has 0 N–H and O–H groups in total. The van der Waals surface area contributed by atoms with Crippen molar-refractivity contribution in [1.29, 1.82) is 0 Å². The number of hydrogen-bond acceptors (Lipinski definition) is 0. The maximum absolute atomic E-state index is 2.21. The predicted octanol–water partition coefficient (Wildman–Crippen LogP) is 3.62. The van der Waals surface area contributed by atoms with Crippen molar-refractivity contribution in [2.75, 3.05) is 0 Å². The van der Waals surface area contributed by atoms with Gasteiger partial charge in [0.05, 0.1) is 0 Å². The zero-order valence-electron chi connectivity index (χ0n) is 8.25. The second kappa shape index (κ2) is 5.55. The Morgan fingerprint density at radius 1 is 1.23 bits per heavy atom. The number of allylic oxidation sites excluding steroid dienone is 1. The number of rotatable bonds is 0. The van der Waals surface area contributed by atoms with Crippen LogP contribution in [0.5, 0.6) is 0 Å². The zero-order chi connectivity index (χ0) is 9.68. The van der Waals surface area contributed by atoms with Gasteiger partial charge in [0.25, 0.3) is 0 Å². The Balaban J connectivity index is 0.000000184. The second-order valence-corrected chi connectivity index (χ2v) is 6.30. The Hall–Kier alpha value is -0.157. The first-order chi connectivity index (χ1) is 6.20. The van der Waals surface area contributed by atoms with Crippen molar-refractivity contribution in [3.63, 3.8) is 0 Å². The van der Waals surface area contributed by atoms with Crippen molar-refractivity contribution >= 4 is 6.08 Å². The Bertz CT molecular complexity index is 284. The van der Waals surface area contributed by atoms with Gasteiger partial charge in [-0.2, -0.15) is 0 Å². The molecule has 0 saturated heterocycles. The molecule has 0 aliphatic heterocycles. The standard InChI is InChI=1S/C9H8.C3H7.Zr/c1-2-5-9-7-3-6-8(9)4-1;1-3-2;/h1-6H,7H2;3H,1-2H3;. The monoisotopic (exact) mass is 249 g/mol. The van der Waals surface area contributed by atoms with Crippen molar-refractivity contribution in [2.45, 2.75) is 23.9 Å². The number of hydrogen-bond donors (Lipinski definition) is 0. The summed E-state index contributed by atoms with van der Waals surface area (Å²) in [6.45, 7) is 4.41. The van der Waals surface area contributed by atoms with Crippen LogP contribution < -0.4 is 0 Å². The van der Waals surface area contributed by atoms with Crippen molar-refractivity contribution in [1.82, 2.24) is 0 Å². The Kier molecular flexibility index (Phi) is 4.66. The summed E-state index contributed by atoms with van der Waals surface area (Å²) in [5.41, 5.74) is 2.84. The molecule has 0 radical (unpaired) electrons. The summed E-state index contributed by atoms with van der Waals surface area (Å²) in [6, 6.07) is 8.49. The van der Waals surface area contributed by atoms with Crippen LogP contribution >= 0.6 is 0 Å². The maximum atomic E-state index is 2.21. The molecular weight excluding hydrogens is 235 g/mol. The third-order valence-electron chi connectivity index (χ3n) is 1.69. The Labute approximate surface area is 95.9 Å². The van der Waals surface area contributed by atoms with Crippen LogP contribution in [-0.2, 0) is 31.1 Å². The molecule has 1 heteroatoms. The molecule has 13 heavy (non-hydrogen) atoms. The van der Waals surface area contributed by atoms with Crippen LogP contribution in [-0.4, -0.2) is 0 Å². The van der Waals surface area contributed by atoms with Gasteiger partial charge in [-0.05, 0) is 17.5 Å². The average molecular weight is 250 g/mol. The summed E-state index contributed by atoms with van der Waals surface area (Å²) in [5, 5.41) is 0. The van der Waals surface area contributed by atoms with Gasteiger partial charge in [-0.1, -0.05) is 36.4 Å². The fourth-order valence-corrected chi connectivity index (χ4v) is 1.20. The fraction of sp³-hybridized carbons (Fsp3) is 0.333. The van der Waals surface area contributed by atoms with Gasteiger partial charge < -0.3 is 0 Å². The van der Waals surface area contributed by atoms with Crippen molar-refractivity contribution in [3.8, 4) is 0 Å². The van der Waals surface area contributed by atoms with Crippen molar-refractivity contribution in [3.05, 3.63) is 41.5 Å². The first-order valence-corrected chi connectivity index (χ1v) is 6.07. The molecule has 0 bridgehead atoms. The molecule has 1 aromatic carbocycles. The average Bonchev–Trinajstić information content (AvgIpc) is 2.49. The van der Waals surface area contributed by atoms with Crippen LogP contribution in [0.1, 0.15) is 25.0 Å². The number of fused-ring (bicyclic) bond motifs is 1. The summed E-state index contributed by atoms with van der Waals surface area (Å²) in [4.78, 5) is 0. The van der Waals surface area contributed by atoms with Gasteiger partial charge in [0.15, 0.2) is 0 Å². The zero-order valence-corrected chi connectivity index (χ0v) is 10.7. The van der Waals surface area contributed by atoms with Crippen molar-refractivity contribution in [2.24, 2.45) is 0 Å². The third kappa shape index (κ3) is 4.04. The van der Waals surface area contributed by atoms with E-state index in [1.165, 1.54) is 11.1 Å². The van der Waals surface area contributed by atoms with Crippen LogP contribution in [0.3, 0.4) is 0 Å². The molecule has 0 amide bonds. The molecule has 0 spiro atoms. The topological polar surface area (TPSA) is 0 Å². The Morgan fingerprint density at radius 2 is 1.85 bits per heavy atom. The van der Waals surface area contributed by atoms with Gasteiger partial charge in [0.1, 0.15) is 0 Å². The predicted molar refractivity (Wildman–Crippen MR) is 54.3 cm³/mol. The minimum absolute atomic E-state index is 0.923. The van der Waals surface area contributed by atoms with Crippen molar-refractivity contribution < 1.29 is 24.7 Å². The van der Waals surface area contributed by atoms with E-state index in [4.69, 9.17) is 0 Å². The van der Waals surface area contributed by atoms with Gasteiger partial charge in [0, 0.05) is 0 Å². The molecular formula is C12H15Zr. The van der Waals surface area contributed by atoms with E-state index in [9.17, 15) is 0 Å². The molecule has 67 valence electrons.